The van der Waals surface area contributed by atoms with Gasteiger partial charge in [-0.25, -0.2) is 0 Å². The number of amides is 2. The number of carbonyl (C=O) groups is 2. The zero-order valence-electron chi connectivity index (χ0n) is 14.6. The average Bonchev–Trinajstić information content (AvgIpc) is 3.27. The number of hydrogen-bond acceptors (Lipinski definition) is 5. The van der Waals surface area contributed by atoms with Gasteiger partial charge in [-0.05, 0) is 25.8 Å². The number of hydrogen-bond donors (Lipinski definition) is 2. The van der Waals surface area contributed by atoms with Gasteiger partial charge in [0.25, 0.3) is 5.91 Å². The predicted molar refractivity (Wildman–Crippen MR) is 99.9 cm³/mol. The second-order valence-corrected chi connectivity index (χ2v) is 6.36. The largest absolute Gasteiger partial charge is 0.355 e. The Morgan fingerprint density at radius 3 is 2.73 bits per heavy atom. The van der Waals surface area contributed by atoms with Crippen molar-refractivity contribution in [2.24, 2.45) is 11.7 Å². The van der Waals surface area contributed by atoms with Crippen molar-refractivity contribution < 1.29 is 14.1 Å². The van der Waals surface area contributed by atoms with Crippen LogP contribution in [0.25, 0.3) is 11.3 Å². The van der Waals surface area contributed by atoms with Crippen molar-refractivity contribution in [1.82, 2.24) is 15.4 Å². The molecule has 1 fully saturated rings. The summed E-state index contributed by atoms with van der Waals surface area (Å²) < 4.78 is 5.20. The van der Waals surface area contributed by atoms with E-state index in [1.807, 2.05) is 37.3 Å². The topological polar surface area (TPSA) is 101 Å². The molecule has 1 aromatic heterocycles. The van der Waals surface area contributed by atoms with Gasteiger partial charge in [0.05, 0.1) is 6.54 Å². The second-order valence-electron chi connectivity index (χ2n) is 6.36. The third-order valence-corrected chi connectivity index (χ3v) is 4.52. The summed E-state index contributed by atoms with van der Waals surface area (Å²) in [5.41, 5.74) is 6.67. The Labute approximate surface area is 158 Å². The molecule has 3 rings (SSSR count). The van der Waals surface area contributed by atoms with E-state index in [1.165, 1.54) is 0 Å². The van der Waals surface area contributed by atoms with Gasteiger partial charge in [-0.3, -0.25) is 9.59 Å². The number of likely N-dealkylation sites (tertiary alicyclic amines) is 1. The van der Waals surface area contributed by atoms with E-state index in [1.54, 1.807) is 11.0 Å². The minimum atomic E-state index is -0.429. The molecule has 8 heteroatoms. The number of nitrogens with one attached hydrogen (secondary N) is 1. The number of nitrogens with two attached hydrogens (primary N) is 1. The van der Waals surface area contributed by atoms with Crippen LogP contribution in [0.1, 0.15) is 23.8 Å². The van der Waals surface area contributed by atoms with Crippen LogP contribution in [-0.4, -0.2) is 47.5 Å². The van der Waals surface area contributed by atoms with Gasteiger partial charge in [-0.15, -0.1) is 12.4 Å². The molecule has 0 spiro atoms. The van der Waals surface area contributed by atoms with Gasteiger partial charge in [0.15, 0.2) is 11.5 Å². The number of nitrogens with zero attached hydrogens (tertiary/aromatic N) is 2. The highest BCUT2D eigenvalue weighted by Gasteiger charge is 2.31. The Bertz CT molecular complexity index is 750. The molecule has 2 unspecified atom stereocenters. The van der Waals surface area contributed by atoms with Crippen molar-refractivity contribution >= 4 is 24.2 Å². The quantitative estimate of drug-likeness (QED) is 0.824. The zero-order chi connectivity index (χ0) is 17.8. The van der Waals surface area contributed by atoms with Gasteiger partial charge in [0, 0.05) is 24.2 Å². The summed E-state index contributed by atoms with van der Waals surface area (Å²) in [6.07, 6.45) is 0.903. The molecule has 3 N–H and O–H groups in total. The van der Waals surface area contributed by atoms with E-state index in [0.717, 1.165) is 12.0 Å². The first kappa shape index (κ1) is 19.9. The molecule has 2 aromatic rings. The normalized spacial score (nSPS) is 19.1. The predicted octanol–water partition coefficient (Wildman–Crippen LogP) is 1.69. The van der Waals surface area contributed by atoms with Crippen molar-refractivity contribution in [3.05, 3.63) is 42.1 Å². The summed E-state index contributed by atoms with van der Waals surface area (Å²) in [7, 11) is 0. The maximum Gasteiger partial charge on any atom is 0.273 e. The highest BCUT2D eigenvalue weighted by molar-refractivity contribution is 5.95. The molecular formula is C18H23ClN4O3. The molecule has 0 radical (unpaired) electrons. The van der Waals surface area contributed by atoms with Crippen LogP contribution in [0.2, 0.25) is 0 Å². The zero-order valence-corrected chi connectivity index (χ0v) is 15.4. The number of aromatic nitrogens is 1. The van der Waals surface area contributed by atoms with Gasteiger partial charge in [0.2, 0.25) is 5.91 Å². The lowest BCUT2D eigenvalue weighted by Crippen LogP contribution is -2.42. The fraction of sp³-hybridized carbons (Fsp3) is 0.389. The molecule has 140 valence electrons. The average molecular weight is 379 g/mol. The first-order valence-electron chi connectivity index (χ1n) is 8.38. The van der Waals surface area contributed by atoms with E-state index in [9.17, 15) is 9.59 Å². The molecule has 1 aromatic carbocycles. The van der Waals surface area contributed by atoms with Crippen LogP contribution in [0.4, 0.5) is 0 Å². The second kappa shape index (κ2) is 8.82. The van der Waals surface area contributed by atoms with Gasteiger partial charge in [0.1, 0.15) is 0 Å². The van der Waals surface area contributed by atoms with Crippen LogP contribution in [-0.2, 0) is 4.79 Å². The summed E-state index contributed by atoms with van der Waals surface area (Å²) in [6.45, 7) is 3.16. The summed E-state index contributed by atoms with van der Waals surface area (Å²) in [4.78, 5) is 26.3. The van der Waals surface area contributed by atoms with E-state index in [-0.39, 0.29) is 36.6 Å². The lowest BCUT2D eigenvalue weighted by Gasteiger charge is -2.21. The van der Waals surface area contributed by atoms with Crippen LogP contribution in [0.15, 0.2) is 40.9 Å². The van der Waals surface area contributed by atoms with E-state index < -0.39 is 5.91 Å². The highest BCUT2D eigenvalue weighted by atomic mass is 35.5. The maximum absolute atomic E-state index is 12.3. The minimum Gasteiger partial charge on any atom is -0.355 e. The van der Waals surface area contributed by atoms with Crippen LogP contribution in [0.5, 0.6) is 0 Å². The third-order valence-electron chi connectivity index (χ3n) is 4.52. The molecular weight excluding hydrogens is 356 g/mol. The molecule has 1 saturated heterocycles. The standard InChI is InChI=1S/C18H22N4O3.ClH/c1-12-7-13(9-19)11-22(12)17(23)10-20-18(24)15-8-16(25-21-15)14-5-3-2-4-6-14;/h2-6,8,12-13H,7,9-11,19H2,1H3,(H,20,24);1H. The smallest absolute Gasteiger partial charge is 0.273 e. The summed E-state index contributed by atoms with van der Waals surface area (Å²) >= 11 is 0. The van der Waals surface area contributed by atoms with Crippen LogP contribution < -0.4 is 11.1 Å². The Morgan fingerprint density at radius 2 is 2.08 bits per heavy atom. The molecule has 26 heavy (non-hydrogen) atoms. The first-order valence-corrected chi connectivity index (χ1v) is 8.38. The Hall–Kier alpha value is -2.38. The fourth-order valence-electron chi connectivity index (χ4n) is 3.13. The lowest BCUT2D eigenvalue weighted by molar-refractivity contribution is -0.130. The van der Waals surface area contributed by atoms with Crippen molar-refractivity contribution in [2.45, 2.75) is 19.4 Å². The van der Waals surface area contributed by atoms with Crippen molar-refractivity contribution in [3.8, 4) is 11.3 Å². The molecule has 2 amide bonds. The van der Waals surface area contributed by atoms with Crippen molar-refractivity contribution in [1.29, 1.82) is 0 Å². The van der Waals surface area contributed by atoms with E-state index in [4.69, 9.17) is 10.3 Å². The minimum absolute atomic E-state index is 0. The third kappa shape index (κ3) is 4.42. The summed E-state index contributed by atoms with van der Waals surface area (Å²) in [5, 5.41) is 6.39. The monoisotopic (exact) mass is 378 g/mol. The molecule has 0 saturated carbocycles. The van der Waals surface area contributed by atoms with Crippen molar-refractivity contribution in [3.63, 3.8) is 0 Å². The van der Waals surface area contributed by atoms with Gasteiger partial charge < -0.3 is 20.5 Å². The van der Waals surface area contributed by atoms with Crippen LogP contribution >= 0.6 is 12.4 Å². The summed E-state index contributed by atoms with van der Waals surface area (Å²) in [6, 6.07) is 11.1. The Morgan fingerprint density at radius 1 is 1.35 bits per heavy atom. The molecule has 0 aliphatic carbocycles. The Kier molecular flexibility index (Phi) is 6.76. The number of rotatable bonds is 5. The number of halogens is 1. The Balaban J connectivity index is 0.00000243. The van der Waals surface area contributed by atoms with Gasteiger partial charge >= 0.3 is 0 Å². The SMILES string of the molecule is CC1CC(CN)CN1C(=O)CNC(=O)c1cc(-c2ccccc2)on1.Cl. The lowest BCUT2D eigenvalue weighted by atomic mass is 10.1. The number of carbonyl (C=O) groups excluding carboxylic acids is 2. The van der Waals surface area contributed by atoms with E-state index >= 15 is 0 Å². The number of benzene rings is 1. The van der Waals surface area contributed by atoms with Crippen molar-refractivity contribution in [2.75, 3.05) is 19.6 Å². The van der Waals surface area contributed by atoms with E-state index in [0.29, 0.717) is 24.8 Å². The summed E-state index contributed by atoms with van der Waals surface area (Å²) in [5.74, 6) is 0.305. The van der Waals surface area contributed by atoms with Gasteiger partial charge in [-0.1, -0.05) is 35.5 Å². The van der Waals surface area contributed by atoms with Gasteiger partial charge in [-0.2, -0.15) is 0 Å². The molecule has 2 heterocycles. The van der Waals surface area contributed by atoms with E-state index in [2.05, 4.69) is 10.5 Å². The molecule has 1 aliphatic heterocycles. The molecule has 1 aliphatic rings. The maximum atomic E-state index is 12.3. The fourth-order valence-corrected chi connectivity index (χ4v) is 3.13. The van der Waals surface area contributed by atoms with Crippen LogP contribution in [0.3, 0.4) is 0 Å². The molecule has 0 bridgehead atoms. The molecule has 7 nitrogen and oxygen atoms in total. The van der Waals surface area contributed by atoms with Crippen LogP contribution in [0, 0.1) is 5.92 Å². The molecule has 2 atom stereocenters. The highest BCUT2D eigenvalue weighted by Crippen LogP contribution is 2.22. The first-order chi connectivity index (χ1) is 12.1.